The number of aromatic amines is 1. The van der Waals surface area contributed by atoms with E-state index in [-0.39, 0.29) is 5.69 Å². The second kappa shape index (κ2) is 5.75. The summed E-state index contributed by atoms with van der Waals surface area (Å²) >= 11 is 7.39. The number of thioether (sulfide) groups is 1. The molecule has 0 aliphatic heterocycles. The summed E-state index contributed by atoms with van der Waals surface area (Å²) in [6.07, 6.45) is 3.49. The number of rotatable bonds is 4. The fourth-order valence-corrected chi connectivity index (χ4v) is 2.95. The number of non-ortho nitro benzene ring substituents is 1. The van der Waals surface area contributed by atoms with E-state index in [1.54, 1.807) is 36.2 Å². The van der Waals surface area contributed by atoms with E-state index in [0.29, 0.717) is 5.02 Å². The lowest BCUT2D eigenvalue weighted by molar-refractivity contribution is -0.384. The van der Waals surface area contributed by atoms with Gasteiger partial charge in [-0.05, 0) is 23.8 Å². The molecule has 21 heavy (non-hydrogen) atoms. The van der Waals surface area contributed by atoms with Crippen LogP contribution in [0.2, 0.25) is 5.02 Å². The van der Waals surface area contributed by atoms with E-state index in [1.165, 1.54) is 6.07 Å². The Morgan fingerprint density at radius 1 is 1.33 bits per heavy atom. The minimum absolute atomic E-state index is 0.0860. The Labute approximate surface area is 129 Å². The quantitative estimate of drug-likeness (QED) is 0.439. The van der Waals surface area contributed by atoms with Crippen molar-refractivity contribution in [1.29, 1.82) is 0 Å². The van der Waals surface area contributed by atoms with E-state index >= 15 is 0 Å². The fraction of sp³-hybridized carbons (Fsp3) is 0.0714. The molecule has 1 N–H and O–H groups in total. The number of hydrogen-bond donors (Lipinski definition) is 1. The molecule has 0 atom stereocenters. The third kappa shape index (κ3) is 3.01. The minimum atomic E-state index is -0.396. The van der Waals surface area contributed by atoms with Crippen LogP contribution in [0.5, 0.6) is 0 Å². The summed E-state index contributed by atoms with van der Waals surface area (Å²) in [7, 11) is 0. The molecule has 106 valence electrons. The molecule has 0 aliphatic rings. The lowest BCUT2D eigenvalue weighted by Crippen LogP contribution is -1.87. The van der Waals surface area contributed by atoms with Crippen LogP contribution >= 0.6 is 23.4 Å². The number of halogens is 1. The molecule has 0 fully saturated rings. The molecule has 0 bridgehead atoms. The molecule has 0 saturated heterocycles. The van der Waals surface area contributed by atoms with Gasteiger partial charge in [0.05, 0.1) is 20.5 Å². The van der Waals surface area contributed by atoms with E-state index in [1.807, 2.05) is 12.3 Å². The Morgan fingerprint density at radius 2 is 2.19 bits per heavy atom. The number of H-pyrrole nitrogens is 1. The van der Waals surface area contributed by atoms with Gasteiger partial charge in [0, 0.05) is 35.7 Å². The SMILES string of the molecule is O=[N+]([O-])c1ccc2c(CSc3ccc(Cl)cn3)c[nH]c2c1. The maximum absolute atomic E-state index is 10.8. The molecule has 0 spiro atoms. The number of nitrogens with zero attached hydrogens (tertiary/aromatic N) is 2. The number of aromatic nitrogens is 2. The molecule has 1 aromatic carbocycles. The van der Waals surface area contributed by atoms with E-state index in [4.69, 9.17) is 11.6 Å². The molecule has 2 heterocycles. The molecule has 5 nitrogen and oxygen atoms in total. The zero-order valence-corrected chi connectivity index (χ0v) is 12.3. The van der Waals surface area contributed by atoms with Crippen molar-refractivity contribution in [3.05, 3.63) is 63.4 Å². The van der Waals surface area contributed by atoms with Gasteiger partial charge in [0.1, 0.15) is 0 Å². The molecule has 3 rings (SSSR count). The first-order valence-corrected chi connectivity index (χ1v) is 7.48. The van der Waals surface area contributed by atoms with Gasteiger partial charge in [-0.15, -0.1) is 11.8 Å². The predicted molar refractivity (Wildman–Crippen MR) is 83.8 cm³/mol. The van der Waals surface area contributed by atoms with Gasteiger partial charge in [-0.1, -0.05) is 11.6 Å². The Morgan fingerprint density at radius 3 is 2.90 bits per heavy atom. The molecular weight excluding hydrogens is 310 g/mol. The molecule has 0 radical (unpaired) electrons. The average Bonchev–Trinajstić information content (AvgIpc) is 2.89. The number of pyridine rings is 1. The van der Waals surface area contributed by atoms with E-state index in [2.05, 4.69) is 9.97 Å². The number of nitrogens with one attached hydrogen (secondary N) is 1. The first kappa shape index (κ1) is 13.9. The van der Waals surface area contributed by atoms with Gasteiger partial charge in [0.25, 0.3) is 5.69 Å². The van der Waals surface area contributed by atoms with Gasteiger partial charge >= 0.3 is 0 Å². The number of nitro benzene ring substituents is 1. The summed E-state index contributed by atoms with van der Waals surface area (Å²) in [5.41, 5.74) is 1.94. The number of benzene rings is 1. The molecule has 3 aromatic rings. The monoisotopic (exact) mass is 319 g/mol. The van der Waals surface area contributed by atoms with Crippen molar-refractivity contribution >= 4 is 40.0 Å². The molecule has 0 saturated carbocycles. The molecule has 0 aliphatic carbocycles. The van der Waals surface area contributed by atoms with Crippen molar-refractivity contribution in [2.75, 3.05) is 0 Å². The number of nitro groups is 1. The van der Waals surface area contributed by atoms with Gasteiger partial charge in [0.2, 0.25) is 0 Å². The van der Waals surface area contributed by atoms with E-state index < -0.39 is 4.92 Å². The van der Waals surface area contributed by atoms with Crippen LogP contribution in [-0.4, -0.2) is 14.9 Å². The van der Waals surface area contributed by atoms with Crippen molar-refractivity contribution in [1.82, 2.24) is 9.97 Å². The third-order valence-corrected chi connectivity index (χ3v) is 4.25. The van der Waals surface area contributed by atoms with Crippen LogP contribution in [0.4, 0.5) is 5.69 Å². The van der Waals surface area contributed by atoms with Crippen molar-refractivity contribution in [3.8, 4) is 0 Å². The summed E-state index contributed by atoms with van der Waals surface area (Å²) in [5, 5.41) is 13.2. The summed E-state index contributed by atoms with van der Waals surface area (Å²) in [5.74, 6) is 0.729. The molecule has 7 heteroatoms. The smallest absolute Gasteiger partial charge is 0.271 e. The summed E-state index contributed by atoms with van der Waals surface area (Å²) < 4.78 is 0. The molecule has 0 unspecified atom stereocenters. The third-order valence-electron chi connectivity index (χ3n) is 3.04. The fourth-order valence-electron chi connectivity index (χ4n) is 2.01. The Balaban J connectivity index is 1.81. The maximum atomic E-state index is 10.8. The van der Waals surface area contributed by atoms with Crippen molar-refractivity contribution in [2.24, 2.45) is 0 Å². The van der Waals surface area contributed by atoms with Crippen LogP contribution in [-0.2, 0) is 5.75 Å². The summed E-state index contributed by atoms with van der Waals surface area (Å²) in [6, 6.07) is 8.51. The first-order valence-electron chi connectivity index (χ1n) is 6.12. The van der Waals surface area contributed by atoms with Crippen LogP contribution in [0, 0.1) is 10.1 Å². The van der Waals surface area contributed by atoms with E-state index in [9.17, 15) is 10.1 Å². The number of fused-ring (bicyclic) bond motifs is 1. The molecule has 2 aromatic heterocycles. The second-order valence-corrected chi connectivity index (χ2v) is 5.84. The highest BCUT2D eigenvalue weighted by molar-refractivity contribution is 7.98. The van der Waals surface area contributed by atoms with Crippen LogP contribution in [0.3, 0.4) is 0 Å². The Bertz CT molecular complexity index is 802. The highest BCUT2D eigenvalue weighted by Crippen LogP contribution is 2.28. The summed E-state index contributed by atoms with van der Waals surface area (Å²) in [4.78, 5) is 17.7. The van der Waals surface area contributed by atoms with Crippen LogP contribution in [0.1, 0.15) is 5.56 Å². The largest absolute Gasteiger partial charge is 0.361 e. The van der Waals surface area contributed by atoms with E-state index in [0.717, 1.165) is 27.2 Å². The zero-order chi connectivity index (χ0) is 14.8. The topological polar surface area (TPSA) is 71.8 Å². The highest BCUT2D eigenvalue weighted by atomic mass is 35.5. The Kier molecular flexibility index (Phi) is 3.81. The maximum Gasteiger partial charge on any atom is 0.271 e. The molecular formula is C14H10ClN3O2S. The lowest BCUT2D eigenvalue weighted by Gasteiger charge is -2.00. The Hall–Kier alpha value is -2.05. The van der Waals surface area contributed by atoms with Gasteiger partial charge < -0.3 is 4.98 Å². The average molecular weight is 320 g/mol. The summed E-state index contributed by atoms with van der Waals surface area (Å²) in [6.45, 7) is 0. The van der Waals surface area contributed by atoms with Crippen molar-refractivity contribution < 1.29 is 4.92 Å². The highest BCUT2D eigenvalue weighted by Gasteiger charge is 2.10. The van der Waals surface area contributed by atoms with Crippen LogP contribution in [0.15, 0.2) is 47.8 Å². The second-order valence-electron chi connectivity index (χ2n) is 4.40. The van der Waals surface area contributed by atoms with Crippen LogP contribution in [0.25, 0.3) is 10.9 Å². The first-order chi connectivity index (χ1) is 10.1. The van der Waals surface area contributed by atoms with Gasteiger partial charge in [-0.25, -0.2) is 4.98 Å². The molecule has 0 amide bonds. The zero-order valence-electron chi connectivity index (χ0n) is 10.7. The van der Waals surface area contributed by atoms with Gasteiger partial charge in [-0.2, -0.15) is 0 Å². The standard InChI is InChI=1S/C14H10ClN3O2S/c15-10-1-4-14(17-7-10)21-8-9-6-16-13-5-11(18(19)20)2-3-12(9)13/h1-7,16H,8H2. The number of hydrogen-bond acceptors (Lipinski definition) is 4. The minimum Gasteiger partial charge on any atom is -0.361 e. The van der Waals surface area contributed by atoms with Crippen molar-refractivity contribution in [3.63, 3.8) is 0 Å². The van der Waals surface area contributed by atoms with Gasteiger partial charge in [-0.3, -0.25) is 10.1 Å². The van der Waals surface area contributed by atoms with Crippen LogP contribution < -0.4 is 0 Å². The van der Waals surface area contributed by atoms with Gasteiger partial charge in [0.15, 0.2) is 0 Å². The predicted octanol–water partition coefficient (Wildman–Crippen LogP) is 4.42. The lowest BCUT2D eigenvalue weighted by atomic mass is 10.2. The van der Waals surface area contributed by atoms with Crippen molar-refractivity contribution in [2.45, 2.75) is 10.8 Å². The normalized spacial score (nSPS) is 10.9.